The van der Waals surface area contributed by atoms with Gasteiger partial charge in [-0.15, -0.1) is 0 Å². The SMILES string of the molecule is CO[C@H]1C[C@@H](O[C@H]2CC[C@@]3(C)[C@@H](CC[C@H]4[C@H]3CC[C@]3(C)[C@H](C5=CC(=O)OC5)CC[C@]43O)C2)O[C@@H](C)[C@@H]1O. The monoisotopic (exact) mass is 518 g/mol. The molecular formula is C30H46O7. The molecule has 0 bridgehead atoms. The molecule has 12 atom stereocenters. The van der Waals surface area contributed by atoms with Crippen molar-refractivity contribution < 1.29 is 34.0 Å². The molecule has 4 aliphatic carbocycles. The Hall–Kier alpha value is -0.990. The Morgan fingerprint density at radius 3 is 2.57 bits per heavy atom. The van der Waals surface area contributed by atoms with Gasteiger partial charge < -0.3 is 29.2 Å². The van der Waals surface area contributed by atoms with Gasteiger partial charge in [0.15, 0.2) is 6.29 Å². The average molecular weight is 519 g/mol. The summed E-state index contributed by atoms with van der Waals surface area (Å²) in [6, 6.07) is 0. The van der Waals surface area contributed by atoms with Crippen molar-refractivity contribution in [2.24, 2.45) is 34.5 Å². The third-order valence-corrected chi connectivity index (χ3v) is 12.2. The molecule has 208 valence electrons. The summed E-state index contributed by atoms with van der Waals surface area (Å²) in [5, 5.41) is 22.7. The van der Waals surface area contributed by atoms with Gasteiger partial charge in [-0.05, 0) is 99.4 Å². The number of ether oxygens (including phenoxy) is 4. The predicted octanol–water partition coefficient (Wildman–Crippen LogP) is 4.14. The van der Waals surface area contributed by atoms with Crippen molar-refractivity contribution in [1.82, 2.24) is 0 Å². The Bertz CT molecular complexity index is 935. The van der Waals surface area contributed by atoms with Crippen LogP contribution in [-0.4, -0.2) is 66.2 Å². The Morgan fingerprint density at radius 1 is 1.03 bits per heavy atom. The molecule has 5 fully saturated rings. The summed E-state index contributed by atoms with van der Waals surface area (Å²) < 4.78 is 23.2. The topological polar surface area (TPSA) is 94.5 Å². The van der Waals surface area contributed by atoms with Crippen molar-refractivity contribution in [3.05, 3.63) is 11.6 Å². The van der Waals surface area contributed by atoms with Crippen molar-refractivity contribution in [1.29, 1.82) is 0 Å². The first-order valence-corrected chi connectivity index (χ1v) is 14.7. The van der Waals surface area contributed by atoms with Gasteiger partial charge in [-0.25, -0.2) is 4.79 Å². The largest absolute Gasteiger partial charge is 0.458 e. The lowest BCUT2D eigenvalue weighted by atomic mass is 9.43. The van der Waals surface area contributed by atoms with E-state index in [2.05, 4.69) is 13.8 Å². The van der Waals surface area contributed by atoms with E-state index in [1.54, 1.807) is 13.2 Å². The minimum Gasteiger partial charge on any atom is -0.458 e. The van der Waals surface area contributed by atoms with Crippen LogP contribution in [0.2, 0.25) is 0 Å². The Kier molecular flexibility index (Phi) is 6.59. The van der Waals surface area contributed by atoms with Crippen LogP contribution in [0.1, 0.15) is 85.0 Å². The van der Waals surface area contributed by atoms with Gasteiger partial charge in [0.05, 0.1) is 23.9 Å². The van der Waals surface area contributed by atoms with Crippen molar-refractivity contribution >= 4 is 5.97 Å². The van der Waals surface area contributed by atoms with Crippen LogP contribution >= 0.6 is 0 Å². The first-order valence-electron chi connectivity index (χ1n) is 14.7. The highest BCUT2D eigenvalue weighted by atomic mass is 16.7. The standard InChI is InChI=1S/C30H46O7/c1-17-27(32)24(34-4)15-26(36-17)37-20-7-10-28(2)19(14-20)5-6-23-22(28)8-11-29(3)21(9-12-30(23,29)33)18-13-25(31)35-16-18/h13,17,19-24,26-27,32-33H,5-12,14-16H2,1-4H3/t17-,19-,20-,21-,22+,23-,24-,26+,27-,28-,29+,30-/m0/s1. The summed E-state index contributed by atoms with van der Waals surface area (Å²) in [7, 11) is 1.64. The van der Waals surface area contributed by atoms with Gasteiger partial charge in [-0.2, -0.15) is 0 Å². The van der Waals surface area contributed by atoms with Crippen LogP contribution in [0, 0.1) is 34.5 Å². The second-order valence-electron chi connectivity index (χ2n) is 13.6. The molecule has 7 heteroatoms. The van der Waals surface area contributed by atoms with E-state index in [9.17, 15) is 15.0 Å². The molecule has 7 nitrogen and oxygen atoms in total. The first kappa shape index (κ1) is 26.2. The van der Waals surface area contributed by atoms with Crippen LogP contribution in [0.5, 0.6) is 0 Å². The fraction of sp³-hybridized carbons (Fsp3) is 0.900. The molecule has 6 aliphatic rings. The van der Waals surface area contributed by atoms with Crippen molar-refractivity contribution in [2.75, 3.05) is 13.7 Å². The van der Waals surface area contributed by atoms with Crippen LogP contribution in [0.25, 0.3) is 0 Å². The quantitative estimate of drug-likeness (QED) is 0.427. The maximum Gasteiger partial charge on any atom is 0.331 e. The second kappa shape index (κ2) is 9.29. The number of hydrogen-bond donors (Lipinski definition) is 2. The summed E-state index contributed by atoms with van der Waals surface area (Å²) in [4.78, 5) is 11.8. The highest BCUT2D eigenvalue weighted by Crippen LogP contribution is 2.70. The van der Waals surface area contributed by atoms with Gasteiger partial charge in [-0.1, -0.05) is 13.8 Å². The zero-order valence-corrected chi connectivity index (χ0v) is 23.0. The zero-order chi connectivity index (χ0) is 26.2. The number of esters is 1. The molecule has 1 saturated heterocycles. The molecule has 2 N–H and O–H groups in total. The molecule has 0 spiro atoms. The number of methoxy groups -OCH3 is 1. The number of carbonyl (C=O) groups is 1. The van der Waals surface area contributed by atoms with Gasteiger partial charge in [0, 0.05) is 25.0 Å². The number of rotatable bonds is 4. The zero-order valence-electron chi connectivity index (χ0n) is 23.0. The van der Waals surface area contributed by atoms with E-state index < -0.39 is 11.7 Å². The molecule has 6 rings (SSSR count). The average Bonchev–Trinajstić information content (AvgIpc) is 3.41. The Morgan fingerprint density at radius 2 is 1.84 bits per heavy atom. The molecule has 0 aromatic carbocycles. The third-order valence-electron chi connectivity index (χ3n) is 12.2. The first-order chi connectivity index (χ1) is 17.6. The number of aliphatic hydroxyl groups excluding tert-OH is 1. The van der Waals surface area contributed by atoms with Crippen LogP contribution < -0.4 is 0 Å². The van der Waals surface area contributed by atoms with Crippen LogP contribution in [0.15, 0.2) is 11.6 Å². The fourth-order valence-corrected chi connectivity index (χ4v) is 10.0. The lowest BCUT2D eigenvalue weighted by Gasteiger charge is -2.64. The number of aliphatic hydroxyl groups is 2. The lowest BCUT2D eigenvalue weighted by Crippen LogP contribution is -2.62. The van der Waals surface area contributed by atoms with Crippen molar-refractivity contribution in [3.8, 4) is 0 Å². The number of carbonyl (C=O) groups excluding carboxylic acids is 1. The Balaban J connectivity index is 1.15. The maximum absolute atomic E-state index is 12.4. The van der Waals surface area contributed by atoms with Crippen LogP contribution in [-0.2, 0) is 23.7 Å². The normalized spacial score (nSPS) is 53.6. The minimum atomic E-state index is -0.670. The molecular weight excluding hydrogens is 472 g/mol. The summed E-state index contributed by atoms with van der Waals surface area (Å²) >= 11 is 0. The maximum atomic E-state index is 12.4. The summed E-state index contributed by atoms with van der Waals surface area (Å²) in [6.45, 7) is 7.07. The lowest BCUT2D eigenvalue weighted by molar-refractivity contribution is -0.273. The highest BCUT2D eigenvalue weighted by Gasteiger charge is 2.67. The number of hydrogen-bond acceptors (Lipinski definition) is 7. The van der Waals surface area contributed by atoms with E-state index in [1.807, 2.05) is 6.92 Å². The summed E-state index contributed by atoms with van der Waals surface area (Å²) in [5.74, 6) is 1.45. The smallest absolute Gasteiger partial charge is 0.331 e. The summed E-state index contributed by atoms with van der Waals surface area (Å²) in [5.41, 5.74) is 0.461. The summed E-state index contributed by atoms with van der Waals surface area (Å²) in [6.07, 6.45) is 10.2. The van der Waals surface area contributed by atoms with E-state index in [4.69, 9.17) is 18.9 Å². The van der Waals surface area contributed by atoms with Crippen molar-refractivity contribution in [2.45, 2.75) is 121 Å². The van der Waals surface area contributed by atoms with Crippen LogP contribution in [0.4, 0.5) is 0 Å². The number of fused-ring (bicyclic) bond motifs is 5. The molecule has 0 aromatic rings. The van der Waals surface area contributed by atoms with Crippen molar-refractivity contribution in [3.63, 3.8) is 0 Å². The molecule has 37 heavy (non-hydrogen) atoms. The fourth-order valence-electron chi connectivity index (χ4n) is 10.0. The number of cyclic esters (lactones) is 1. The minimum absolute atomic E-state index is 0.166. The highest BCUT2D eigenvalue weighted by molar-refractivity contribution is 5.85. The molecule has 4 saturated carbocycles. The van der Waals surface area contributed by atoms with E-state index in [0.717, 1.165) is 63.4 Å². The Labute approximate surface area is 221 Å². The molecule has 0 radical (unpaired) electrons. The van der Waals surface area contributed by atoms with Gasteiger partial charge in [-0.3, -0.25) is 0 Å². The second-order valence-corrected chi connectivity index (χ2v) is 13.6. The third kappa shape index (κ3) is 3.97. The van der Waals surface area contributed by atoms with Gasteiger partial charge >= 0.3 is 5.97 Å². The van der Waals surface area contributed by atoms with E-state index in [-0.39, 0.29) is 47.3 Å². The molecule has 2 aliphatic heterocycles. The van der Waals surface area contributed by atoms with E-state index >= 15 is 0 Å². The van der Waals surface area contributed by atoms with Gasteiger partial charge in [0.2, 0.25) is 0 Å². The molecule has 0 amide bonds. The molecule has 0 aromatic heterocycles. The molecule has 0 unspecified atom stereocenters. The van der Waals surface area contributed by atoms with E-state index in [1.165, 1.54) is 0 Å². The van der Waals surface area contributed by atoms with E-state index in [0.29, 0.717) is 30.8 Å². The predicted molar refractivity (Wildman–Crippen MR) is 136 cm³/mol. The van der Waals surface area contributed by atoms with Gasteiger partial charge in [0.1, 0.15) is 12.7 Å². The molecule has 2 heterocycles. The van der Waals surface area contributed by atoms with Gasteiger partial charge in [0.25, 0.3) is 0 Å². The van der Waals surface area contributed by atoms with Crippen LogP contribution in [0.3, 0.4) is 0 Å².